The van der Waals surface area contributed by atoms with E-state index >= 15 is 0 Å². The first-order chi connectivity index (χ1) is 16.3. The quantitative estimate of drug-likeness (QED) is 0.558. The van der Waals surface area contributed by atoms with E-state index in [4.69, 9.17) is 0 Å². The second-order valence-electron chi connectivity index (χ2n) is 10.6. The first-order valence-electron chi connectivity index (χ1n) is 12.1. The summed E-state index contributed by atoms with van der Waals surface area (Å²) in [5.41, 5.74) is 5.70. The van der Waals surface area contributed by atoms with Crippen LogP contribution in [0, 0.1) is 29.1 Å². The monoisotopic (exact) mass is 465 g/mol. The van der Waals surface area contributed by atoms with E-state index in [1.807, 2.05) is 13.8 Å². The molecule has 2 aromatic rings. The number of hydrogen-bond donors (Lipinski definition) is 3. The van der Waals surface area contributed by atoms with Gasteiger partial charge < -0.3 is 5.32 Å². The van der Waals surface area contributed by atoms with Gasteiger partial charge in [0, 0.05) is 11.0 Å². The van der Waals surface area contributed by atoms with E-state index in [1.54, 1.807) is 24.3 Å². The number of carbonyl (C=O) groups is 3. The summed E-state index contributed by atoms with van der Waals surface area (Å²) >= 11 is 0. The number of aromatic nitrogens is 4. The number of hydrogen-bond acceptors (Lipinski definition) is 6. The number of hydrazine groups is 1. The normalized spacial score (nSPS) is 27.9. The van der Waals surface area contributed by atoms with Crippen molar-refractivity contribution in [1.29, 1.82) is 0 Å². The summed E-state index contributed by atoms with van der Waals surface area (Å²) in [4.78, 5) is 38.9. The van der Waals surface area contributed by atoms with Crippen molar-refractivity contribution >= 4 is 17.7 Å². The Bertz CT molecular complexity index is 1030. The summed E-state index contributed by atoms with van der Waals surface area (Å²) in [7, 11) is 0. The van der Waals surface area contributed by atoms with Crippen LogP contribution < -0.4 is 16.2 Å². The lowest BCUT2D eigenvalue weighted by atomic mass is 9.49. The summed E-state index contributed by atoms with van der Waals surface area (Å²) < 4.78 is 1.48. The molecule has 3 N–H and O–H groups in total. The molecule has 4 aliphatic rings. The van der Waals surface area contributed by atoms with Crippen LogP contribution in [0.3, 0.4) is 0 Å². The molecule has 0 unspecified atom stereocenters. The Morgan fingerprint density at radius 2 is 1.59 bits per heavy atom. The van der Waals surface area contributed by atoms with Crippen LogP contribution in [0.2, 0.25) is 0 Å². The standard InChI is InChI=1S/C24H31N7O3/c1-14(2)20(26-23(34)24-10-15-7-16(11-24)9-17(8-15)12-24)22(33)28-27-21(32)18-3-5-19(6-4-18)31-13-25-29-30-31/h3-6,13-17,20H,7-12H2,1-2H3,(H,26,34)(H,27,32)(H,28,33)/t15?,16?,17?,20-,24?/m1/s1. The van der Waals surface area contributed by atoms with Crippen molar-refractivity contribution in [2.24, 2.45) is 29.1 Å². The Balaban J connectivity index is 1.19. The molecule has 0 aliphatic heterocycles. The number of benzene rings is 1. The fourth-order valence-electron chi connectivity index (χ4n) is 6.53. The van der Waals surface area contributed by atoms with Crippen molar-refractivity contribution < 1.29 is 14.4 Å². The molecule has 4 saturated carbocycles. The van der Waals surface area contributed by atoms with E-state index in [0.717, 1.165) is 19.3 Å². The van der Waals surface area contributed by atoms with E-state index in [1.165, 1.54) is 30.3 Å². The largest absolute Gasteiger partial charge is 0.344 e. The predicted octanol–water partition coefficient (Wildman–Crippen LogP) is 1.78. The van der Waals surface area contributed by atoms with E-state index in [9.17, 15) is 14.4 Å². The molecule has 4 bridgehead atoms. The molecular weight excluding hydrogens is 434 g/mol. The van der Waals surface area contributed by atoms with Crippen molar-refractivity contribution in [2.75, 3.05) is 0 Å². The van der Waals surface area contributed by atoms with Gasteiger partial charge in [-0.05, 0) is 96.9 Å². The third-order valence-electron chi connectivity index (χ3n) is 7.80. The molecule has 1 atom stereocenters. The topological polar surface area (TPSA) is 131 Å². The molecule has 1 aromatic carbocycles. The summed E-state index contributed by atoms with van der Waals surface area (Å²) in [6.07, 6.45) is 8.03. The Hall–Kier alpha value is -3.30. The van der Waals surface area contributed by atoms with Gasteiger partial charge in [-0.3, -0.25) is 25.2 Å². The molecule has 0 radical (unpaired) electrons. The maximum atomic E-state index is 13.4. The van der Waals surface area contributed by atoms with Gasteiger partial charge in [-0.1, -0.05) is 13.8 Å². The van der Waals surface area contributed by atoms with Crippen LogP contribution >= 0.6 is 0 Å². The van der Waals surface area contributed by atoms with Gasteiger partial charge in [0.1, 0.15) is 12.4 Å². The molecule has 4 aliphatic carbocycles. The molecule has 10 heteroatoms. The highest BCUT2D eigenvalue weighted by molar-refractivity contribution is 5.97. The number of carbonyl (C=O) groups excluding carboxylic acids is 3. The smallest absolute Gasteiger partial charge is 0.269 e. The fraction of sp³-hybridized carbons (Fsp3) is 0.583. The van der Waals surface area contributed by atoms with Crippen LogP contribution in [0.25, 0.3) is 5.69 Å². The van der Waals surface area contributed by atoms with E-state index in [0.29, 0.717) is 29.0 Å². The average Bonchev–Trinajstić information content (AvgIpc) is 3.34. The molecule has 10 nitrogen and oxygen atoms in total. The van der Waals surface area contributed by atoms with Crippen molar-refractivity contribution in [3.8, 4) is 5.69 Å². The Kier molecular flexibility index (Phi) is 5.83. The van der Waals surface area contributed by atoms with Gasteiger partial charge in [0.2, 0.25) is 5.91 Å². The van der Waals surface area contributed by atoms with Crippen LogP contribution in [-0.4, -0.2) is 44.0 Å². The molecule has 6 rings (SSSR count). The van der Waals surface area contributed by atoms with E-state index < -0.39 is 17.9 Å². The highest BCUT2D eigenvalue weighted by Gasteiger charge is 2.55. The second kappa shape index (κ2) is 8.81. The summed E-state index contributed by atoms with van der Waals surface area (Å²) in [5.74, 6) is 0.952. The number of amides is 3. The predicted molar refractivity (Wildman–Crippen MR) is 122 cm³/mol. The second-order valence-corrected chi connectivity index (χ2v) is 10.6. The number of nitrogens with one attached hydrogen (secondary N) is 3. The fourth-order valence-corrected chi connectivity index (χ4v) is 6.53. The van der Waals surface area contributed by atoms with Crippen LogP contribution in [0.4, 0.5) is 0 Å². The molecule has 0 saturated heterocycles. The lowest BCUT2D eigenvalue weighted by Crippen LogP contribution is -2.59. The summed E-state index contributed by atoms with van der Waals surface area (Å²) in [6.45, 7) is 3.79. The highest BCUT2D eigenvalue weighted by atomic mass is 16.2. The molecule has 0 spiro atoms. The third kappa shape index (κ3) is 4.28. The van der Waals surface area contributed by atoms with Crippen molar-refractivity contribution in [3.63, 3.8) is 0 Å². The minimum atomic E-state index is -0.719. The number of tetrazole rings is 1. The van der Waals surface area contributed by atoms with Gasteiger partial charge in [-0.25, -0.2) is 4.68 Å². The van der Waals surface area contributed by atoms with Gasteiger partial charge in [-0.2, -0.15) is 0 Å². The van der Waals surface area contributed by atoms with Crippen LogP contribution in [0.15, 0.2) is 30.6 Å². The number of nitrogens with zero attached hydrogens (tertiary/aromatic N) is 4. The van der Waals surface area contributed by atoms with Gasteiger partial charge in [-0.15, -0.1) is 5.10 Å². The zero-order valence-electron chi connectivity index (χ0n) is 19.5. The van der Waals surface area contributed by atoms with E-state index in [2.05, 4.69) is 31.7 Å². The Morgan fingerprint density at radius 3 is 2.12 bits per heavy atom. The lowest BCUT2D eigenvalue weighted by molar-refractivity contribution is -0.149. The third-order valence-corrected chi connectivity index (χ3v) is 7.80. The molecule has 3 amide bonds. The Labute approximate surface area is 198 Å². The van der Waals surface area contributed by atoms with Gasteiger partial charge in [0.25, 0.3) is 11.8 Å². The molecule has 4 fully saturated rings. The Morgan fingerprint density at radius 1 is 0.971 bits per heavy atom. The maximum Gasteiger partial charge on any atom is 0.269 e. The highest BCUT2D eigenvalue weighted by Crippen LogP contribution is 2.60. The van der Waals surface area contributed by atoms with Crippen LogP contribution in [-0.2, 0) is 9.59 Å². The zero-order valence-corrected chi connectivity index (χ0v) is 19.5. The molecule has 1 heterocycles. The average molecular weight is 466 g/mol. The number of rotatable bonds is 6. The zero-order chi connectivity index (χ0) is 23.9. The molecular formula is C24H31N7O3. The molecule has 34 heavy (non-hydrogen) atoms. The van der Waals surface area contributed by atoms with Gasteiger partial charge in [0.15, 0.2) is 0 Å². The van der Waals surface area contributed by atoms with Gasteiger partial charge >= 0.3 is 0 Å². The summed E-state index contributed by atoms with van der Waals surface area (Å²) in [6, 6.07) is 5.93. The summed E-state index contributed by atoms with van der Waals surface area (Å²) in [5, 5.41) is 14.0. The maximum absolute atomic E-state index is 13.4. The SMILES string of the molecule is CC(C)[C@@H](NC(=O)C12CC3CC(CC(C3)C1)C2)C(=O)NNC(=O)c1ccc(-n2cnnn2)cc1. The van der Waals surface area contributed by atoms with Crippen LogP contribution in [0.5, 0.6) is 0 Å². The van der Waals surface area contributed by atoms with Crippen molar-refractivity contribution in [3.05, 3.63) is 36.2 Å². The molecule has 180 valence electrons. The minimum Gasteiger partial charge on any atom is -0.344 e. The first kappa shape index (κ1) is 22.5. The first-order valence-corrected chi connectivity index (χ1v) is 12.1. The molecule has 1 aromatic heterocycles. The van der Waals surface area contributed by atoms with Crippen molar-refractivity contribution in [1.82, 2.24) is 36.4 Å². The lowest BCUT2D eigenvalue weighted by Gasteiger charge is -2.55. The van der Waals surface area contributed by atoms with Crippen molar-refractivity contribution in [2.45, 2.75) is 58.4 Å². The van der Waals surface area contributed by atoms with E-state index in [-0.39, 0.29) is 17.2 Å². The van der Waals surface area contributed by atoms with Gasteiger partial charge in [0.05, 0.1) is 5.69 Å². The van der Waals surface area contributed by atoms with Crippen LogP contribution in [0.1, 0.15) is 62.7 Å². The minimum absolute atomic E-state index is 0.00460.